The topological polar surface area (TPSA) is 50.4 Å². The summed E-state index contributed by atoms with van der Waals surface area (Å²) in [7, 11) is 1.66. The van der Waals surface area contributed by atoms with E-state index in [0.29, 0.717) is 6.54 Å². The fourth-order valence-corrected chi connectivity index (χ4v) is 1.78. The number of ether oxygens (including phenoxy) is 1. The van der Waals surface area contributed by atoms with Crippen LogP contribution in [0.1, 0.15) is 11.1 Å². The molecule has 1 aromatic carbocycles. The van der Waals surface area contributed by atoms with Crippen LogP contribution < -0.4 is 15.4 Å². The molecule has 1 saturated heterocycles. The number of amides is 1. The molecule has 5 heteroatoms. The van der Waals surface area contributed by atoms with Gasteiger partial charge in [0, 0.05) is 19.6 Å². The lowest BCUT2D eigenvalue weighted by Gasteiger charge is -2.25. The van der Waals surface area contributed by atoms with Crippen molar-refractivity contribution in [1.82, 2.24) is 10.6 Å². The molecular weight excluding hydrogens is 252 g/mol. The van der Waals surface area contributed by atoms with Gasteiger partial charge in [0.15, 0.2) is 0 Å². The van der Waals surface area contributed by atoms with Crippen molar-refractivity contribution in [2.45, 2.75) is 13.5 Å². The quantitative estimate of drug-likeness (QED) is 0.866. The maximum absolute atomic E-state index is 11.6. The van der Waals surface area contributed by atoms with Crippen molar-refractivity contribution in [1.29, 1.82) is 0 Å². The second-order valence-corrected chi connectivity index (χ2v) is 4.38. The second kappa shape index (κ2) is 6.61. The molecule has 0 spiro atoms. The van der Waals surface area contributed by atoms with Gasteiger partial charge in [-0.05, 0) is 24.1 Å². The third kappa shape index (κ3) is 3.37. The van der Waals surface area contributed by atoms with E-state index in [0.717, 1.165) is 30.0 Å². The van der Waals surface area contributed by atoms with Crippen molar-refractivity contribution in [3.05, 3.63) is 29.3 Å². The van der Waals surface area contributed by atoms with Gasteiger partial charge in [0.2, 0.25) is 5.91 Å². The van der Waals surface area contributed by atoms with Crippen molar-refractivity contribution in [3.63, 3.8) is 0 Å². The molecule has 0 atom stereocenters. The molecule has 1 fully saturated rings. The zero-order valence-corrected chi connectivity index (χ0v) is 11.5. The molecule has 0 unspecified atom stereocenters. The number of carbonyl (C=O) groups excluding carboxylic acids is 1. The molecule has 0 radical (unpaired) electrons. The Kier molecular flexibility index (Phi) is 5.44. The zero-order chi connectivity index (χ0) is 12.3. The Morgan fingerprint density at radius 1 is 1.50 bits per heavy atom. The fraction of sp³-hybridized carbons (Fsp3) is 0.462. The molecule has 0 aliphatic carbocycles. The van der Waals surface area contributed by atoms with Crippen LogP contribution in [-0.2, 0) is 11.3 Å². The lowest BCUT2D eigenvalue weighted by Crippen LogP contribution is -2.50. The standard InChI is InChI=1S/C13H18N2O2.ClH/c1-9-3-4-10(5-12(9)17-2)6-15-13(16)11-7-14-8-11;/h3-5,11,14H,6-8H2,1-2H3,(H,15,16);1H. The first-order chi connectivity index (χ1) is 8.20. The van der Waals surface area contributed by atoms with E-state index in [1.165, 1.54) is 0 Å². The summed E-state index contributed by atoms with van der Waals surface area (Å²) in [5.41, 5.74) is 2.17. The summed E-state index contributed by atoms with van der Waals surface area (Å²) in [6.45, 7) is 4.15. The van der Waals surface area contributed by atoms with Crippen molar-refractivity contribution in [3.8, 4) is 5.75 Å². The first-order valence-electron chi connectivity index (χ1n) is 5.82. The third-order valence-electron chi connectivity index (χ3n) is 3.09. The second-order valence-electron chi connectivity index (χ2n) is 4.38. The SMILES string of the molecule is COc1cc(CNC(=O)C2CNC2)ccc1C.Cl. The average Bonchev–Trinajstić information content (AvgIpc) is 2.25. The maximum Gasteiger partial charge on any atom is 0.225 e. The highest BCUT2D eigenvalue weighted by atomic mass is 35.5. The summed E-state index contributed by atoms with van der Waals surface area (Å²) in [6.07, 6.45) is 0. The van der Waals surface area contributed by atoms with Crippen LogP contribution >= 0.6 is 12.4 Å². The van der Waals surface area contributed by atoms with E-state index in [2.05, 4.69) is 10.6 Å². The Balaban J connectivity index is 0.00000162. The van der Waals surface area contributed by atoms with Gasteiger partial charge in [0.05, 0.1) is 13.0 Å². The normalized spacial score (nSPS) is 14.3. The first kappa shape index (κ1) is 14.8. The summed E-state index contributed by atoms with van der Waals surface area (Å²) in [5.74, 6) is 1.13. The lowest BCUT2D eigenvalue weighted by molar-refractivity contribution is -0.126. The predicted molar refractivity (Wildman–Crippen MR) is 73.2 cm³/mol. The van der Waals surface area contributed by atoms with Gasteiger partial charge < -0.3 is 15.4 Å². The van der Waals surface area contributed by atoms with Crippen molar-refractivity contribution >= 4 is 18.3 Å². The fourth-order valence-electron chi connectivity index (χ4n) is 1.78. The van der Waals surface area contributed by atoms with Gasteiger partial charge >= 0.3 is 0 Å². The van der Waals surface area contributed by atoms with Crippen LogP contribution in [0.15, 0.2) is 18.2 Å². The number of aryl methyl sites for hydroxylation is 1. The van der Waals surface area contributed by atoms with Crippen molar-refractivity contribution < 1.29 is 9.53 Å². The Labute approximate surface area is 114 Å². The minimum Gasteiger partial charge on any atom is -0.496 e. The van der Waals surface area contributed by atoms with E-state index in [1.807, 2.05) is 25.1 Å². The molecule has 1 aliphatic rings. The molecule has 1 aliphatic heterocycles. The summed E-state index contributed by atoms with van der Waals surface area (Å²) in [4.78, 5) is 11.6. The monoisotopic (exact) mass is 270 g/mol. The molecule has 4 nitrogen and oxygen atoms in total. The molecule has 1 aromatic rings. The number of nitrogens with one attached hydrogen (secondary N) is 2. The van der Waals surface area contributed by atoms with Crippen molar-refractivity contribution in [2.24, 2.45) is 5.92 Å². The number of halogens is 1. The number of hydrogen-bond donors (Lipinski definition) is 2. The molecule has 1 heterocycles. The van der Waals surface area contributed by atoms with Crippen LogP contribution in [0.5, 0.6) is 5.75 Å². The van der Waals surface area contributed by atoms with Crippen LogP contribution in [-0.4, -0.2) is 26.1 Å². The minimum atomic E-state index is 0. The Bertz CT molecular complexity index is 419. The number of methoxy groups -OCH3 is 1. The van der Waals surface area contributed by atoms with Crippen LogP contribution in [0.25, 0.3) is 0 Å². The molecule has 2 N–H and O–H groups in total. The van der Waals surface area contributed by atoms with Gasteiger partial charge in [-0.15, -0.1) is 12.4 Å². The van der Waals surface area contributed by atoms with Crippen LogP contribution in [0.2, 0.25) is 0 Å². The minimum absolute atomic E-state index is 0. The molecule has 0 saturated carbocycles. The number of carbonyl (C=O) groups is 1. The van der Waals surface area contributed by atoms with Gasteiger partial charge in [-0.1, -0.05) is 12.1 Å². The highest BCUT2D eigenvalue weighted by molar-refractivity contribution is 5.85. The Morgan fingerprint density at radius 2 is 2.22 bits per heavy atom. The Morgan fingerprint density at radius 3 is 2.78 bits per heavy atom. The van der Waals surface area contributed by atoms with Gasteiger partial charge in [0.25, 0.3) is 0 Å². The van der Waals surface area contributed by atoms with E-state index in [-0.39, 0.29) is 24.2 Å². The van der Waals surface area contributed by atoms with Gasteiger partial charge in [-0.3, -0.25) is 4.79 Å². The van der Waals surface area contributed by atoms with Gasteiger partial charge in [-0.25, -0.2) is 0 Å². The molecule has 0 aromatic heterocycles. The molecule has 0 bridgehead atoms. The highest BCUT2D eigenvalue weighted by Gasteiger charge is 2.24. The van der Waals surface area contributed by atoms with E-state index in [9.17, 15) is 4.79 Å². The molecule has 1 amide bonds. The third-order valence-corrected chi connectivity index (χ3v) is 3.09. The largest absolute Gasteiger partial charge is 0.496 e. The van der Waals surface area contributed by atoms with E-state index in [4.69, 9.17) is 4.74 Å². The van der Waals surface area contributed by atoms with Gasteiger partial charge in [-0.2, -0.15) is 0 Å². The summed E-state index contributed by atoms with van der Waals surface area (Å²) >= 11 is 0. The average molecular weight is 271 g/mol. The molecule has 100 valence electrons. The smallest absolute Gasteiger partial charge is 0.225 e. The molecule has 18 heavy (non-hydrogen) atoms. The first-order valence-corrected chi connectivity index (χ1v) is 5.82. The van der Waals surface area contributed by atoms with E-state index >= 15 is 0 Å². The number of rotatable bonds is 4. The van der Waals surface area contributed by atoms with E-state index in [1.54, 1.807) is 7.11 Å². The van der Waals surface area contributed by atoms with Gasteiger partial charge in [0.1, 0.15) is 5.75 Å². The lowest BCUT2D eigenvalue weighted by atomic mass is 10.0. The van der Waals surface area contributed by atoms with Crippen LogP contribution in [0, 0.1) is 12.8 Å². The van der Waals surface area contributed by atoms with E-state index < -0.39 is 0 Å². The molecular formula is C13H19ClN2O2. The Hall–Kier alpha value is -1.26. The maximum atomic E-state index is 11.6. The summed E-state index contributed by atoms with van der Waals surface area (Å²) < 4.78 is 5.25. The number of hydrogen-bond acceptors (Lipinski definition) is 3. The predicted octanol–water partition coefficient (Wildman–Crippen LogP) is 1.26. The number of benzene rings is 1. The van der Waals surface area contributed by atoms with Crippen LogP contribution in [0.3, 0.4) is 0 Å². The zero-order valence-electron chi connectivity index (χ0n) is 10.7. The highest BCUT2D eigenvalue weighted by Crippen LogP contribution is 2.18. The molecule has 2 rings (SSSR count). The summed E-state index contributed by atoms with van der Waals surface area (Å²) in [6, 6.07) is 5.98. The van der Waals surface area contributed by atoms with Crippen LogP contribution in [0.4, 0.5) is 0 Å². The summed E-state index contributed by atoms with van der Waals surface area (Å²) in [5, 5.41) is 6.02. The van der Waals surface area contributed by atoms with Crippen molar-refractivity contribution in [2.75, 3.05) is 20.2 Å².